The molecule has 0 aromatic heterocycles. The number of halogens is 1. The van der Waals surface area contributed by atoms with Crippen molar-refractivity contribution in [3.8, 4) is 0 Å². The van der Waals surface area contributed by atoms with Crippen LogP contribution in [0.2, 0.25) is 5.02 Å². The first-order valence-corrected chi connectivity index (χ1v) is 6.63. The van der Waals surface area contributed by atoms with E-state index in [0.717, 1.165) is 5.56 Å². The molecule has 0 saturated heterocycles. The lowest BCUT2D eigenvalue weighted by Gasteiger charge is -2.06. The zero-order valence-electron chi connectivity index (χ0n) is 11.3. The standard InChI is InChI=1S/C15H13ClN2O3/c1-10-8-12(4-7-14(10)18(20)21)15(19)17-9-11-2-5-13(16)6-3-11/h2-8H,9H2,1H3,(H,17,19). The normalized spacial score (nSPS) is 10.2. The zero-order chi connectivity index (χ0) is 15.4. The number of nitrogens with zero attached hydrogens (tertiary/aromatic N) is 1. The van der Waals surface area contributed by atoms with Gasteiger partial charge in [-0.05, 0) is 36.8 Å². The Labute approximate surface area is 126 Å². The predicted molar refractivity (Wildman–Crippen MR) is 80.5 cm³/mol. The lowest BCUT2D eigenvalue weighted by molar-refractivity contribution is -0.385. The summed E-state index contributed by atoms with van der Waals surface area (Å²) in [4.78, 5) is 22.3. The molecule has 2 aromatic rings. The van der Waals surface area contributed by atoms with Gasteiger partial charge < -0.3 is 5.32 Å². The Bertz CT molecular complexity index is 684. The van der Waals surface area contributed by atoms with Crippen molar-refractivity contribution in [2.24, 2.45) is 0 Å². The van der Waals surface area contributed by atoms with Crippen LogP contribution in [0.25, 0.3) is 0 Å². The first kappa shape index (κ1) is 15.0. The van der Waals surface area contributed by atoms with Gasteiger partial charge in [0.2, 0.25) is 0 Å². The molecule has 2 rings (SSSR count). The molecule has 0 aliphatic rings. The van der Waals surface area contributed by atoms with Crippen LogP contribution in [0, 0.1) is 17.0 Å². The Balaban J connectivity index is 2.05. The van der Waals surface area contributed by atoms with E-state index >= 15 is 0 Å². The van der Waals surface area contributed by atoms with Gasteiger partial charge in [0.15, 0.2) is 0 Å². The third kappa shape index (κ3) is 3.79. The SMILES string of the molecule is Cc1cc(C(=O)NCc2ccc(Cl)cc2)ccc1[N+](=O)[O-]. The van der Waals surface area contributed by atoms with Crippen LogP contribution in [0.3, 0.4) is 0 Å². The first-order valence-electron chi connectivity index (χ1n) is 6.25. The maximum absolute atomic E-state index is 12.0. The fourth-order valence-electron chi connectivity index (χ4n) is 1.89. The second kappa shape index (κ2) is 6.37. The first-order chi connectivity index (χ1) is 9.97. The number of amides is 1. The molecule has 0 saturated carbocycles. The quantitative estimate of drug-likeness (QED) is 0.694. The van der Waals surface area contributed by atoms with E-state index in [1.54, 1.807) is 19.1 Å². The summed E-state index contributed by atoms with van der Waals surface area (Å²) >= 11 is 5.79. The third-order valence-electron chi connectivity index (χ3n) is 3.02. The molecular formula is C15H13ClN2O3. The molecule has 0 unspecified atom stereocenters. The molecule has 0 bridgehead atoms. The Hall–Kier alpha value is -2.40. The number of carbonyl (C=O) groups is 1. The van der Waals surface area contributed by atoms with Crippen LogP contribution in [0.15, 0.2) is 42.5 Å². The van der Waals surface area contributed by atoms with Gasteiger partial charge in [-0.1, -0.05) is 23.7 Å². The third-order valence-corrected chi connectivity index (χ3v) is 3.27. The van der Waals surface area contributed by atoms with E-state index in [1.165, 1.54) is 18.2 Å². The Kier molecular flexibility index (Phi) is 4.55. The Morgan fingerprint density at radius 1 is 1.24 bits per heavy atom. The molecule has 1 N–H and O–H groups in total. The molecule has 0 fully saturated rings. The maximum Gasteiger partial charge on any atom is 0.272 e. The number of carbonyl (C=O) groups excluding carboxylic acids is 1. The summed E-state index contributed by atoms with van der Waals surface area (Å²) in [6, 6.07) is 11.4. The lowest BCUT2D eigenvalue weighted by atomic mass is 10.1. The van der Waals surface area contributed by atoms with E-state index in [1.807, 2.05) is 12.1 Å². The van der Waals surface area contributed by atoms with E-state index in [4.69, 9.17) is 11.6 Å². The van der Waals surface area contributed by atoms with E-state index in [0.29, 0.717) is 22.7 Å². The van der Waals surface area contributed by atoms with Crippen LogP contribution >= 0.6 is 11.6 Å². The molecule has 2 aromatic carbocycles. The lowest BCUT2D eigenvalue weighted by Crippen LogP contribution is -2.22. The number of nitrogens with one attached hydrogen (secondary N) is 1. The summed E-state index contributed by atoms with van der Waals surface area (Å²) in [5.74, 6) is -0.275. The molecule has 1 amide bonds. The number of rotatable bonds is 4. The highest BCUT2D eigenvalue weighted by atomic mass is 35.5. The van der Waals surface area contributed by atoms with Gasteiger partial charge >= 0.3 is 0 Å². The molecule has 0 atom stereocenters. The minimum absolute atomic E-state index is 0.00394. The summed E-state index contributed by atoms with van der Waals surface area (Å²) in [6.07, 6.45) is 0. The summed E-state index contributed by atoms with van der Waals surface area (Å²) in [6.45, 7) is 1.97. The molecule has 6 heteroatoms. The van der Waals surface area contributed by atoms with Crippen molar-refractivity contribution in [2.45, 2.75) is 13.5 Å². The summed E-state index contributed by atoms with van der Waals surface area (Å²) in [7, 11) is 0. The van der Waals surface area contributed by atoms with E-state index < -0.39 is 4.92 Å². The van der Waals surface area contributed by atoms with Gasteiger partial charge in [-0.3, -0.25) is 14.9 Å². The van der Waals surface area contributed by atoms with Gasteiger partial charge in [0.25, 0.3) is 11.6 Å². The predicted octanol–water partition coefficient (Wildman–Crippen LogP) is 3.49. The average Bonchev–Trinajstić information content (AvgIpc) is 2.45. The highest BCUT2D eigenvalue weighted by Crippen LogP contribution is 2.18. The molecule has 108 valence electrons. The minimum atomic E-state index is -0.468. The fraction of sp³-hybridized carbons (Fsp3) is 0.133. The van der Waals surface area contributed by atoms with Gasteiger partial charge in [0.05, 0.1) is 4.92 Å². The van der Waals surface area contributed by atoms with Crippen molar-refractivity contribution in [3.05, 3.63) is 74.3 Å². The number of hydrogen-bond donors (Lipinski definition) is 1. The van der Waals surface area contributed by atoms with E-state index in [9.17, 15) is 14.9 Å². The van der Waals surface area contributed by atoms with E-state index in [2.05, 4.69) is 5.32 Å². The second-order valence-corrected chi connectivity index (χ2v) is 5.00. The average molecular weight is 305 g/mol. The second-order valence-electron chi connectivity index (χ2n) is 4.57. The van der Waals surface area contributed by atoms with Crippen molar-refractivity contribution in [2.75, 3.05) is 0 Å². The van der Waals surface area contributed by atoms with Crippen molar-refractivity contribution in [3.63, 3.8) is 0 Å². The smallest absolute Gasteiger partial charge is 0.272 e. The number of nitro groups is 1. The van der Waals surface area contributed by atoms with Crippen molar-refractivity contribution in [1.82, 2.24) is 5.32 Å². The van der Waals surface area contributed by atoms with Crippen LogP contribution in [0.5, 0.6) is 0 Å². The monoisotopic (exact) mass is 304 g/mol. The van der Waals surface area contributed by atoms with Crippen LogP contribution in [-0.2, 0) is 6.54 Å². The highest BCUT2D eigenvalue weighted by molar-refractivity contribution is 6.30. The molecule has 0 heterocycles. The summed E-state index contributed by atoms with van der Waals surface area (Å²) in [5, 5.41) is 14.1. The van der Waals surface area contributed by atoms with Crippen LogP contribution in [-0.4, -0.2) is 10.8 Å². The molecular weight excluding hydrogens is 292 g/mol. The Morgan fingerprint density at radius 3 is 2.48 bits per heavy atom. The van der Waals surface area contributed by atoms with Crippen LogP contribution in [0.4, 0.5) is 5.69 Å². The minimum Gasteiger partial charge on any atom is -0.348 e. The Morgan fingerprint density at radius 2 is 1.90 bits per heavy atom. The maximum atomic E-state index is 12.0. The van der Waals surface area contributed by atoms with Gasteiger partial charge in [0, 0.05) is 28.8 Å². The molecule has 5 nitrogen and oxygen atoms in total. The van der Waals surface area contributed by atoms with Gasteiger partial charge in [-0.25, -0.2) is 0 Å². The number of aryl methyl sites for hydroxylation is 1. The highest BCUT2D eigenvalue weighted by Gasteiger charge is 2.13. The fourth-order valence-corrected chi connectivity index (χ4v) is 2.01. The van der Waals surface area contributed by atoms with Crippen molar-refractivity contribution < 1.29 is 9.72 Å². The van der Waals surface area contributed by atoms with Gasteiger partial charge in [-0.2, -0.15) is 0 Å². The van der Waals surface area contributed by atoms with Crippen LogP contribution < -0.4 is 5.32 Å². The number of benzene rings is 2. The summed E-state index contributed by atoms with van der Waals surface area (Å²) in [5.41, 5.74) is 1.78. The molecule has 0 aliphatic carbocycles. The van der Waals surface area contributed by atoms with Gasteiger partial charge in [-0.15, -0.1) is 0 Å². The molecule has 21 heavy (non-hydrogen) atoms. The number of nitro benzene ring substituents is 1. The summed E-state index contributed by atoms with van der Waals surface area (Å²) < 4.78 is 0. The van der Waals surface area contributed by atoms with E-state index in [-0.39, 0.29) is 11.6 Å². The van der Waals surface area contributed by atoms with Gasteiger partial charge in [0.1, 0.15) is 0 Å². The van der Waals surface area contributed by atoms with Crippen molar-refractivity contribution in [1.29, 1.82) is 0 Å². The molecule has 0 radical (unpaired) electrons. The number of hydrogen-bond acceptors (Lipinski definition) is 3. The zero-order valence-corrected chi connectivity index (χ0v) is 12.1. The molecule has 0 aliphatic heterocycles. The van der Waals surface area contributed by atoms with Crippen LogP contribution in [0.1, 0.15) is 21.5 Å². The van der Waals surface area contributed by atoms with Crippen molar-refractivity contribution >= 4 is 23.2 Å². The topological polar surface area (TPSA) is 72.2 Å². The molecule has 0 spiro atoms. The largest absolute Gasteiger partial charge is 0.348 e.